The van der Waals surface area contributed by atoms with Crippen molar-refractivity contribution >= 4 is 0 Å². The van der Waals surface area contributed by atoms with Gasteiger partial charge in [-0.15, -0.1) is 10.2 Å². The lowest BCUT2D eigenvalue weighted by Crippen LogP contribution is -2.11. The van der Waals surface area contributed by atoms with E-state index in [-0.39, 0.29) is 6.10 Å². The third kappa shape index (κ3) is 3.02. The first kappa shape index (κ1) is 11.5. The number of nitrogens with one attached hydrogen (secondary N) is 1. The molecule has 5 nitrogen and oxygen atoms in total. The normalized spacial score (nSPS) is 21.2. The van der Waals surface area contributed by atoms with Gasteiger partial charge in [-0.1, -0.05) is 0 Å². The molecule has 0 amide bonds. The Morgan fingerprint density at radius 3 is 3.06 bits per heavy atom. The maximum absolute atomic E-state index is 5.59. The highest BCUT2D eigenvalue weighted by atomic mass is 16.5. The Balaban J connectivity index is 1.85. The van der Waals surface area contributed by atoms with Gasteiger partial charge < -0.3 is 14.5 Å². The third-order valence-corrected chi connectivity index (χ3v) is 2.76. The molecule has 0 aliphatic carbocycles. The number of hydrogen-bond acceptors (Lipinski definition) is 5. The van der Waals surface area contributed by atoms with Crippen molar-refractivity contribution < 1.29 is 9.15 Å². The smallest absolute Gasteiger partial charge is 0.245 e. The monoisotopic (exact) mass is 225 g/mol. The van der Waals surface area contributed by atoms with E-state index in [1.165, 1.54) is 6.42 Å². The molecule has 0 radical (unpaired) electrons. The molecule has 1 aromatic heterocycles. The predicted molar refractivity (Wildman–Crippen MR) is 59.1 cm³/mol. The van der Waals surface area contributed by atoms with Gasteiger partial charge in [0.15, 0.2) is 0 Å². The van der Waals surface area contributed by atoms with Crippen molar-refractivity contribution in [3.63, 3.8) is 0 Å². The number of ether oxygens (including phenoxy) is 1. The van der Waals surface area contributed by atoms with Gasteiger partial charge in [-0.25, -0.2) is 0 Å². The molecule has 1 aliphatic heterocycles. The van der Waals surface area contributed by atoms with Crippen LogP contribution < -0.4 is 5.32 Å². The van der Waals surface area contributed by atoms with Gasteiger partial charge in [-0.2, -0.15) is 0 Å². The van der Waals surface area contributed by atoms with Crippen LogP contribution in [0.4, 0.5) is 0 Å². The molecular formula is C11H19N3O2. The van der Waals surface area contributed by atoms with Crippen molar-refractivity contribution in [2.24, 2.45) is 0 Å². The van der Waals surface area contributed by atoms with E-state index in [0.29, 0.717) is 5.89 Å². The zero-order valence-corrected chi connectivity index (χ0v) is 9.74. The van der Waals surface area contributed by atoms with E-state index >= 15 is 0 Å². The molecule has 16 heavy (non-hydrogen) atoms. The van der Waals surface area contributed by atoms with Gasteiger partial charge in [0.25, 0.3) is 0 Å². The minimum atomic E-state index is 0.0271. The molecule has 2 heterocycles. The Labute approximate surface area is 95.6 Å². The van der Waals surface area contributed by atoms with Crippen LogP contribution in [0.5, 0.6) is 0 Å². The first-order valence-electron chi connectivity index (χ1n) is 5.98. The van der Waals surface area contributed by atoms with Crippen LogP contribution >= 0.6 is 0 Å². The van der Waals surface area contributed by atoms with Crippen molar-refractivity contribution in [1.29, 1.82) is 0 Å². The standard InChI is InChI=1S/C11H19N3O2/c1-12-7-4-6-10-13-14-11(16-10)9-5-2-3-8-15-9/h9,12H,2-8H2,1H3. The summed E-state index contributed by atoms with van der Waals surface area (Å²) in [6.45, 7) is 1.78. The van der Waals surface area contributed by atoms with Crippen molar-refractivity contribution in [2.75, 3.05) is 20.2 Å². The quantitative estimate of drug-likeness (QED) is 0.769. The second-order valence-corrected chi connectivity index (χ2v) is 4.10. The van der Waals surface area contributed by atoms with Crippen LogP contribution in [0, 0.1) is 0 Å². The third-order valence-electron chi connectivity index (χ3n) is 2.76. The lowest BCUT2D eigenvalue weighted by Gasteiger charge is -2.18. The summed E-state index contributed by atoms with van der Waals surface area (Å²) < 4.78 is 11.2. The van der Waals surface area contributed by atoms with Crippen LogP contribution in [0.3, 0.4) is 0 Å². The second kappa shape index (κ2) is 5.96. The van der Waals surface area contributed by atoms with E-state index in [1.807, 2.05) is 7.05 Å². The van der Waals surface area contributed by atoms with Gasteiger partial charge in [0.05, 0.1) is 0 Å². The first-order valence-corrected chi connectivity index (χ1v) is 5.98. The van der Waals surface area contributed by atoms with Crippen LogP contribution in [0.2, 0.25) is 0 Å². The SMILES string of the molecule is CNCCCc1nnc(C2CCCCO2)o1. The summed E-state index contributed by atoms with van der Waals surface area (Å²) in [5.74, 6) is 1.37. The van der Waals surface area contributed by atoms with Crippen molar-refractivity contribution in [3.8, 4) is 0 Å². The molecular weight excluding hydrogens is 206 g/mol. The maximum Gasteiger partial charge on any atom is 0.245 e. The lowest BCUT2D eigenvalue weighted by molar-refractivity contribution is -0.00211. The van der Waals surface area contributed by atoms with E-state index in [4.69, 9.17) is 9.15 Å². The second-order valence-electron chi connectivity index (χ2n) is 4.10. The van der Waals surface area contributed by atoms with Gasteiger partial charge in [0.2, 0.25) is 11.8 Å². The first-order chi connectivity index (χ1) is 7.90. The van der Waals surface area contributed by atoms with Gasteiger partial charge >= 0.3 is 0 Å². The summed E-state index contributed by atoms with van der Waals surface area (Å²) in [6, 6.07) is 0. The van der Waals surface area contributed by atoms with Gasteiger partial charge in [-0.3, -0.25) is 0 Å². The fourth-order valence-electron chi connectivity index (χ4n) is 1.85. The molecule has 5 heteroatoms. The van der Waals surface area contributed by atoms with Crippen LogP contribution in [0.15, 0.2) is 4.42 Å². The van der Waals surface area contributed by atoms with E-state index in [1.54, 1.807) is 0 Å². The molecule has 1 atom stereocenters. The molecule has 0 aromatic carbocycles. The highest BCUT2D eigenvalue weighted by Crippen LogP contribution is 2.26. The van der Waals surface area contributed by atoms with Crippen molar-refractivity contribution in [3.05, 3.63) is 11.8 Å². The molecule has 1 unspecified atom stereocenters. The number of nitrogens with zero attached hydrogens (tertiary/aromatic N) is 2. The molecule has 0 spiro atoms. The summed E-state index contributed by atoms with van der Waals surface area (Å²) in [6.07, 6.45) is 5.20. The fraction of sp³-hybridized carbons (Fsp3) is 0.818. The minimum absolute atomic E-state index is 0.0271. The van der Waals surface area contributed by atoms with Gasteiger partial charge in [0.1, 0.15) is 6.10 Å². The van der Waals surface area contributed by atoms with E-state index in [9.17, 15) is 0 Å². The molecule has 2 rings (SSSR count). The number of aryl methyl sites for hydroxylation is 1. The zero-order chi connectivity index (χ0) is 11.2. The topological polar surface area (TPSA) is 60.2 Å². The molecule has 0 saturated carbocycles. The molecule has 90 valence electrons. The Hall–Kier alpha value is -0.940. The molecule has 1 N–H and O–H groups in total. The van der Waals surface area contributed by atoms with Gasteiger partial charge in [0, 0.05) is 13.0 Å². The predicted octanol–water partition coefficient (Wildman–Crippen LogP) is 1.46. The summed E-state index contributed by atoms with van der Waals surface area (Å²) >= 11 is 0. The Morgan fingerprint density at radius 1 is 1.38 bits per heavy atom. The van der Waals surface area contributed by atoms with E-state index < -0.39 is 0 Å². The Bertz CT molecular complexity index is 308. The van der Waals surface area contributed by atoms with E-state index in [0.717, 1.165) is 44.7 Å². The molecule has 1 fully saturated rings. The Morgan fingerprint density at radius 2 is 2.31 bits per heavy atom. The van der Waals surface area contributed by atoms with Crippen LogP contribution in [0.25, 0.3) is 0 Å². The molecule has 1 saturated heterocycles. The number of aromatic nitrogens is 2. The summed E-state index contributed by atoms with van der Waals surface area (Å²) in [7, 11) is 1.94. The summed E-state index contributed by atoms with van der Waals surface area (Å²) in [5.41, 5.74) is 0. The molecule has 1 aliphatic rings. The maximum atomic E-state index is 5.59. The summed E-state index contributed by atoms with van der Waals surface area (Å²) in [5, 5.41) is 11.2. The van der Waals surface area contributed by atoms with Crippen molar-refractivity contribution in [2.45, 2.75) is 38.2 Å². The lowest BCUT2D eigenvalue weighted by atomic mass is 10.1. The number of hydrogen-bond donors (Lipinski definition) is 1. The molecule has 1 aromatic rings. The van der Waals surface area contributed by atoms with Crippen LogP contribution in [0.1, 0.15) is 43.6 Å². The Kier molecular flexibility index (Phi) is 4.30. The highest BCUT2D eigenvalue weighted by Gasteiger charge is 2.21. The van der Waals surface area contributed by atoms with E-state index in [2.05, 4.69) is 15.5 Å². The van der Waals surface area contributed by atoms with Crippen molar-refractivity contribution in [1.82, 2.24) is 15.5 Å². The van der Waals surface area contributed by atoms with Crippen LogP contribution in [-0.2, 0) is 11.2 Å². The minimum Gasteiger partial charge on any atom is -0.422 e. The highest BCUT2D eigenvalue weighted by molar-refractivity contribution is 4.88. The van der Waals surface area contributed by atoms with Gasteiger partial charge in [-0.05, 0) is 39.3 Å². The number of rotatable bonds is 5. The fourth-order valence-corrected chi connectivity index (χ4v) is 1.85. The largest absolute Gasteiger partial charge is 0.422 e. The average molecular weight is 225 g/mol. The van der Waals surface area contributed by atoms with Crippen LogP contribution in [-0.4, -0.2) is 30.4 Å². The average Bonchev–Trinajstić information content (AvgIpc) is 2.79. The zero-order valence-electron chi connectivity index (χ0n) is 9.74. The molecule has 0 bridgehead atoms. The summed E-state index contributed by atoms with van der Waals surface area (Å²) in [4.78, 5) is 0.